The second-order valence-corrected chi connectivity index (χ2v) is 7.28. The van der Waals surface area contributed by atoms with Crippen molar-refractivity contribution in [2.24, 2.45) is 5.73 Å². The Hall–Kier alpha value is -2.77. The van der Waals surface area contributed by atoms with Crippen molar-refractivity contribution in [3.05, 3.63) is 53.9 Å². The number of primary amides is 1. The molecule has 2 N–H and O–H groups in total. The summed E-state index contributed by atoms with van der Waals surface area (Å²) in [4.78, 5) is 20.4. The summed E-state index contributed by atoms with van der Waals surface area (Å²) in [5, 5.41) is 4.13. The first-order chi connectivity index (χ1) is 13.0. The summed E-state index contributed by atoms with van der Waals surface area (Å²) in [6.07, 6.45) is 3.78. The Kier molecular flexibility index (Phi) is 4.63. The summed E-state index contributed by atoms with van der Waals surface area (Å²) in [6.45, 7) is 3.20. The quantitative estimate of drug-likeness (QED) is 0.742. The minimum Gasteiger partial charge on any atom is -0.365 e. The molecule has 1 aliphatic heterocycles. The van der Waals surface area contributed by atoms with Gasteiger partial charge >= 0.3 is 0 Å². The third kappa shape index (κ3) is 3.43. The Morgan fingerprint density at radius 1 is 1.26 bits per heavy atom. The van der Waals surface area contributed by atoms with Crippen LogP contribution in [0.5, 0.6) is 0 Å². The number of likely N-dealkylation sites (N-methyl/N-ethyl adjacent to an activating group) is 1. The summed E-state index contributed by atoms with van der Waals surface area (Å²) in [6, 6.07) is 12.6. The number of hydrogen-bond donors (Lipinski definition) is 1. The molecule has 7 heteroatoms. The van der Waals surface area contributed by atoms with E-state index in [4.69, 9.17) is 5.73 Å². The van der Waals surface area contributed by atoms with Crippen LogP contribution in [0.4, 0.5) is 0 Å². The number of nitrogens with zero attached hydrogens (tertiary/aromatic N) is 5. The van der Waals surface area contributed by atoms with Gasteiger partial charge in [0.15, 0.2) is 5.65 Å². The lowest BCUT2D eigenvalue weighted by Gasteiger charge is -2.20. The highest BCUT2D eigenvalue weighted by atomic mass is 16.1. The highest BCUT2D eigenvalue weighted by molar-refractivity contribution is 5.99. The van der Waals surface area contributed by atoms with E-state index < -0.39 is 5.91 Å². The van der Waals surface area contributed by atoms with Crippen molar-refractivity contribution in [3.8, 4) is 11.3 Å². The standard InChI is InChI=1S/C20H23N6O/c1-24(2)16-9-10-25(12-16)11-14-3-5-15(6-4-14)18-8-7-17(19(21)27)20-22-13-23-26(18)20/h3-8,16H,9-12H2,1-2H3,(H2,21,27). The fraction of sp³-hybridized carbons (Fsp3) is 0.350. The molecule has 0 aliphatic carbocycles. The van der Waals surface area contributed by atoms with E-state index in [1.54, 1.807) is 10.6 Å². The van der Waals surface area contributed by atoms with Crippen LogP contribution in [-0.4, -0.2) is 63.5 Å². The molecular weight excluding hydrogens is 340 g/mol. The normalized spacial score (nSPS) is 17.8. The van der Waals surface area contributed by atoms with Crippen LogP contribution in [0.15, 0.2) is 36.4 Å². The molecule has 139 valence electrons. The SMILES string of the molecule is CN(C)C1CCN(Cc2ccc(-c3ccc(C(N)=O)c4n[c]nn34)cc2)C1. The minimum atomic E-state index is -0.523. The lowest BCUT2D eigenvalue weighted by atomic mass is 10.1. The number of amides is 1. The molecule has 0 saturated carbocycles. The molecule has 3 aromatic rings. The summed E-state index contributed by atoms with van der Waals surface area (Å²) >= 11 is 0. The molecule has 1 unspecified atom stereocenters. The van der Waals surface area contributed by atoms with Crippen molar-refractivity contribution >= 4 is 11.6 Å². The second-order valence-electron chi connectivity index (χ2n) is 7.28. The van der Waals surface area contributed by atoms with Gasteiger partial charge in [0.05, 0.1) is 11.3 Å². The smallest absolute Gasteiger partial charge is 0.252 e. The largest absolute Gasteiger partial charge is 0.365 e. The molecule has 4 rings (SSSR count). The third-order valence-corrected chi connectivity index (χ3v) is 5.28. The topological polar surface area (TPSA) is 79.8 Å². The first kappa shape index (κ1) is 17.6. The van der Waals surface area contributed by atoms with Crippen LogP contribution in [0.25, 0.3) is 16.9 Å². The highest BCUT2D eigenvalue weighted by Crippen LogP contribution is 2.23. The van der Waals surface area contributed by atoms with Crippen LogP contribution >= 0.6 is 0 Å². The number of rotatable bonds is 5. The van der Waals surface area contributed by atoms with Gasteiger partial charge in [-0.25, -0.2) is 9.50 Å². The Morgan fingerprint density at radius 3 is 2.70 bits per heavy atom. The van der Waals surface area contributed by atoms with E-state index in [2.05, 4.69) is 64.6 Å². The molecule has 1 fully saturated rings. The van der Waals surface area contributed by atoms with Crippen molar-refractivity contribution in [1.82, 2.24) is 24.4 Å². The molecule has 3 heterocycles. The van der Waals surface area contributed by atoms with E-state index in [0.29, 0.717) is 17.3 Å². The second kappa shape index (κ2) is 7.09. The van der Waals surface area contributed by atoms with Gasteiger partial charge in [0, 0.05) is 31.2 Å². The van der Waals surface area contributed by atoms with Gasteiger partial charge < -0.3 is 10.6 Å². The van der Waals surface area contributed by atoms with E-state index in [1.165, 1.54) is 12.0 Å². The van der Waals surface area contributed by atoms with Crippen molar-refractivity contribution in [2.75, 3.05) is 27.2 Å². The van der Waals surface area contributed by atoms with Crippen LogP contribution in [0, 0.1) is 6.33 Å². The van der Waals surface area contributed by atoms with Crippen molar-refractivity contribution < 1.29 is 4.79 Å². The number of nitrogens with two attached hydrogens (primary N) is 1. The van der Waals surface area contributed by atoms with Gasteiger partial charge in [-0.3, -0.25) is 9.69 Å². The maximum absolute atomic E-state index is 11.6. The maximum Gasteiger partial charge on any atom is 0.252 e. The monoisotopic (exact) mass is 363 g/mol. The zero-order chi connectivity index (χ0) is 19.0. The number of fused-ring (bicyclic) bond motifs is 1. The molecule has 2 aromatic heterocycles. The number of pyridine rings is 1. The van der Waals surface area contributed by atoms with Crippen LogP contribution in [-0.2, 0) is 6.54 Å². The number of likely N-dealkylation sites (tertiary alicyclic amines) is 1. The van der Waals surface area contributed by atoms with Gasteiger partial charge in [0.25, 0.3) is 5.91 Å². The molecule has 1 amide bonds. The Labute approximate surface area is 158 Å². The van der Waals surface area contributed by atoms with Gasteiger partial charge in [-0.2, -0.15) is 0 Å². The van der Waals surface area contributed by atoms with E-state index in [-0.39, 0.29) is 0 Å². The predicted octanol–water partition coefficient (Wildman–Crippen LogP) is 1.43. The van der Waals surface area contributed by atoms with Crippen molar-refractivity contribution in [1.29, 1.82) is 0 Å². The fourth-order valence-electron chi connectivity index (χ4n) is 3.69. The Balaban J connectivity index is 1.55. The molecule has 1 aromatic carbocycles. The van der Waals surface area contributed by atoms with E-state index >= 15 is 0 Å². The highest BCUT2D eigenvalue weighted by Gasteiger charge is 2.23. The average Bonchev–Trinajstić information content (AvgIpc) is 3.31. The molecule has 7 nitrogen and oxygen atoms in total. The van der Waals surface area contributed by atoms with E-state index in [9.17, 15) is 4.79 Å². The van der Waals surface area contributed by atoms with Crippen LogP contribution in [0.2, 0.25) is 0 Å². The number of carbonyl (C=O) groups is 1. The van der Waals surface area contributed by atoms with Gasteiger partial charge in [-0.15, -0.1) is 5.10 Å². The molecule has 1 atom stereocenters. The molecule has 1 radical (unpaired) electrons. The predicted molar refractivity (Wildman–Crippen MR) is 103 cm³/mol. The summed E-state index contributed by atoms with van der Waals surface area (Å²) in [5.74, 6) is -0.523. The lowest BCUT2D eigenvalue weighted by Crippen LogP contribution is -2.31. The summed E-state index contributed by atoms with van der Waals surface area (Å²) < 4.78 is 1.61. The van der Waals surface area contributed by atoms with Gasteiger partial charge in [-0.05, 0) is 38.2 Å². The first-order valence-corrected chi connectivity index (χ1v) is 9.06. The van der Waals surface area contributed by atoms with Gasteiger partial charge in [-0.1, -0.05) is 24.3 Å². The molecular formula is C20H23N6O. The minimum absolute atomic E-state index is 0.341. The zero-order valence-electron chi connectivity index (χ0n) is 15.6. The number of aromatic nitrogens is 3. The third-order valence-electron chi connectivity index (χ3n) is 5.28. The van der Waals surface area contributed by atoms with Crippen molar-refractivity contribution in [3.63, 3.8) is 0 Å². The molecule has 0 bridgehead atoms. The number of hydrogen-bond acceptors (Lipinski definition) is 5. The molecule has 0 spiro atoms. The zero-order valence-corrected chi connectivity index (χ0v) is 15.6. The molecule has 1 aliphatic rings. The van der Waals surface area contributed by atoms with Crippen LogP contribution in [0.1, 0.15) is 22.3 Å². The Bertz CT molecular complexity index is 962. The van der Waals surface area contributed by atoms with Crippen molar-refractivity contribution in [2.45, 2.75) is 19.0 Å². The van der Waals surface area contributed by atoms with Crippen LogP contribution < -0.4 is 5.73 Å². The Morgan fingerprint density at radius 2 is 2.04 bits per heavy atom. The van der Waals surface area contributed by atoms with Gasteiger partial charge in [0.1, 0.15) is 0 Å². The van der Waals surface area contributed by atoms with Gasteiger partial charge in [0.2, 0.25) is 6.33 Å². The fourth-order valence-corrected chi connectivity index (χ4v) is 3.69. The number of benzene rings is 1. The molecule has 27 heavy (non-hydrogen) atoms. The van der Waals surface area contributed by atoms with E-state index in [0.717, 1.165) is 30.9 Å². The molecule has 1 saturated heterocycles. The maximum atomic E-state index is 11.6. The average molecular weight is 363 g/mol. The number of carbonyl (C=O) groups excluding carboxylic acids is 1. The first-order valence-electron chi connectivity index (χ1n) is 9.06. The van der Waals surface area contributed by atoms with Crippen LogP contribution in [0.3, 0.4) is 0 Å². The van der Waals surface area contributed by atoms with E-state index in [1.807, 2.05) is 6.07 Å². The summed E-state index contributed by atoms with van der Waals surface area (Å²) in [5.41, 5.74) is 9.32. The lowest BCUT2D eigenvalue weighted by molar-refractivity contribution is 0.100. The summed E-state index contributed by atoms with van der Waals surface area (Å²) in [7, 11) is 4.30.